The van der Waals surface area contributed by atoms with E-state index in [0.717, 1.165) is 18.6 Å². The first-order valence-corrected chi connectivity index (χ1v) is 5.90. The minimum atomic E-state index is -0.411. The number of aryl methyl sites for hydroxylation is 1. The average Bonchev–Trinajstić information content (AvgIpc) is 2.73. The van der Waals surface area contributed by atoms with E-state index < -0.39 is 5.97 Å². The van der Waals surface area contributed by atoms with Crippen LogP contribution < -0.4 is 0 Å². The van der Waals surface area contributed by atoms with E-state index in [9.17, 15) is 4.79 Å². The third-order valence-electron chi connectivity index (χ3n) is 2.32. The molecule has 0 aromatic carbocycles. The van der Waals surface area contributed by atoms with Crippen molar-refractivity contribution in [3.63, 3.8) is 0 Å². The van der Waals surface area contributed by atoms with Crippen molar-refractivity contribution in [1.29, 1.82) is 0 Å². The van der Waals surface area contributed by atoms with Crippen LogP contribution in [0.1, 0.15) is 55.8 Å². The van der Waals surface area contributed by atoms with Gasteiger partial charge in [0.25, 0.3) is 0 Å². The third-order valence-corrected chi connectivity index (χ3v) is 2.32. The number of carbonyl (C=O) groups is 1. The summed E-state index contributed by atoms with van der Waals surface area (Å²) >= 11 is 0. The van der Waals surface area contributed by atoms with Crippen LogP contribution in [0.4, 0.5) is 0 Å². The molecule has 0 bridgehead atoms. The maximum Gasteiger partial charge on any atom is 0.360 e. The smallest absolute Gasteiger partial charge is 0.360 e. The van der Waals surface area contributed by atoms with Crippen molar-refractivity contribution in [3.8, 4) is 0 Å². The highest BCUT2D eigenvalue weighted by atomic mass is 16.5. The molecule has 0 spiro atoms. The van der Waals surface area contributed by atoms with Gasteiger partial charge in [0.2, 0.25) is 0 Å². The maximum atomic E-state index is 11.3. The molecule has 0 aliphatic heterocycles. The molecular weight excluding hydrogens is 206 g/mol. The van der Waals surface area contributed by atoms with Gasteiger partial charge in [0.1, 0.15) is 5.76 Å². The monoisotopic (exact) mass is 225 g/mol. The van der Waals surface area contributed by atoms with E-state index in [0.29, 0.717) is 6.61 Å². The van der Waals surface area contributed by atoms with Crippen molar-refractivity contribution in [2.45, 2.75) is 46.0 Å². The van der Waals surface area contributed by atoms with E-state index in [1.54, 1.807) is 13.0 Å². The van der Waals surface area contributed by atoms with E-state index in [2.05, 4.69) is 12.1 Å². The zero-order chi connectivity index (χ0) is 11.8. The van der Waals surface area contributed by atoms with E-state index in [-0.39, 0.29) is 5.69 Å². The van der Waals surface area contributed by atoms with Crippen LogP contribution in [0.2, 0.25) is 0 Å². The molecule has 4 nitrogen and oxygen atoms in total. The first-order chi connectivity index (χ1) is 7.77. The van der Waals surface area contributed by atoms with Gasteiger partial charge in [-0.05, 0) is 13.3 Å². The lowest BCUT2D eigenvalue weighted by Crippen LogP contribution is -2.04. The number of unbranched alkanes of at least 4 members (excludes halogenated alkanes) is 3. The quantitative estimate of drug-likeness (QED) is 0.528. The van der Waals surface area contributed by atoms with E-state index in [1.165, 1.54) is 19.3 Å². The molecule has 1 heterocycles. The van der Waals surface area contributed by atoms with E-state index in [4.69, 9.17) is 9.26 Å². The van der Waals surface area contributed by atoms with Gasteiger partial charge in [0.15, 0.2) is 5.69 Å². The second-order valence-corrected chi connectivity index (χ2v) is 3.71. The van der Waals surface area contributed by atoms with Gasteiger partial charge >= 0.3 is 5.97 Å². The van der Waals surface area contributed by atoms with Crippen LogP contribution in [0, 0.1) is 0 Å². The summed E-state index contributed by atoms with van der Waals surface area (Å²) in [5.41, 5.74) is 0.271. The SMILES string of the molecule is CCCCCCc1cc(C(=O)OCC)no1. The van der Waals surface area contributed by atoms with Gasteiger partial charge in [-0.15, -0.1) is 0 Å². The zero-order valence-corrected chi connectivity index (χ0v) is 9.99. The first-order valence-electron chi connectivity index (χ1n) is 5.90. The highest BCUT2D eigenvalue weighted by molar-refractivity contribution is 5.87. The van der Waals surface area contributed by atoms with Crippen LogP contribution in [0.25, 0.3) is 0 Å². The number of hydrogen-bond donors (Lipinski definition) is 0. The Labute approximate surface area is 96.0 Å². The minimum Gasteiger partial charge on any atom is -0.461 e. The van der Waals surface area contributed by atoms with E-state index in [1.807, 2.05) is 0 Å². The number of rotatable bonds is 7. The lowest BCUT2D eigenvalue weighted by molar-refractivity contribution is 0.0514. The number of nitrogens with zero attached hydrogens (tertiary/aromatic N) is 1. The number of esters is 1. The van der Waals surface area contributed by atoms with Gasteiger partial charge in [-0.25, -0.2) is 4.79 Å². The Hall–Kier alpha value is -1.32. The molecule has 0 aliphatic carbocycles. The van der Waals surface area contributed by atoms with E-state index >= 15 is 0 Å². The fourth-order valence-electron chi connectivity index (χ4n) is 1.46. The standard InChI is InChI=1S/C12H19NO3/c1-3-5-6-7-8-10-9-11(13-16-10)12(14)15-4-2/h9H,3-8H2,1-2H3. The first kappa shape index (κ1) is 12.7. The van der Waals surface area contributed by atoms with Gasteiger partial charge in [-0.1, -0.05) is 31.3 Å². The molecule has 0 fully saturated rings. The summed E-state index contributed by atoms with van der Waals surface area (Å²) in [5.74, 6) is 0.352. The largest absolute Gasteiger partial charge is 0.461 e. The Morgan fingerprint density at radius 1 is 1.38 bits per heavy atom. The highest BCUT2D eigenvalue weighted by Gasteiger charge is 2.12. The summed E-state index contributed by atoms with van der Waals surface area (Å²) in [7, 11) is 0. The Bertz CT molecular complexity index is 320. The summed E-state index contributed by atoms with van der Waals surface area (Å²) in [6.45, 7) is 4.30. The van der Waals surface area contributed by atoms with Crippen LogP contribution >= 0.6 is 0 Å². The predicted molar refractivity (Wildman–Crippen MR) is 60.3 cm³/mol. The topological polar surface area (TPSA) is 52.3 Å². The van der Waals surface area contributed by atoms with Crippen molar-refractivity contribution in [2.75, 3.05) is 6.61 Å². The molecule has 16 heavy (non-hydrogen) atoms. The van der Waals surface area contributed by atoms with Crippen molar-refractivity contribution >= 4 is 5.97 Å². The fraction of sp³-hybridized carbons (Fsp3) is 0.667. The second kappa shape index (κ2) is 7.04. The molecule has 0 unspecified atom stereocenters. The van der Waals surface area contributed by atoms with Gasteiger partial charge < -0.3 is 9.26 Å². The van der Waals surface area contributed by atoms with Crippen molar-refractivity contribution in [3.05, 3.63) is 17.5 Å². The third kappa shape index (κ3) is 4.04. The Balaban J connectivity index is 2.36. The lowest BCUT2D eigenvalue weighted by Gasteiger charge is -1.95. The maximum absolute atomic E-state index is 11.3. The van der Waals surface area contributed by atoms with Crippen LogP contribution in [0.15, 0.2) is 10.6 Å². The molecule has 0 N–H and O–H groups in total. The molecule has 0 radical (unpaired) electrons. The van der Waals surface area contributed by atoms with Crippen LogP contribution in [0.3, 0.4) is 0 Å². The van der Waals surface area contributed by atoms with Gasteiger partial charge in [0.05, 0.1) is 6.61 Å². The molecule has 90 valence electrons. The summed E-state index contributed by atoms with van der Waals surface area (Å²) in [6.07, 6.45) is 5.55. The van der Waals surface area contributed by atoms with Crippen molar-refractivity contribution in [2.24, 2.45) is 0 Å². The molecule has 0 saturated carbocycles. The lowest BCUT2D eigenvalue weighted by atomic mass is 10.1. The molecule has 0 saturated heterocycles. The van der Waals surface area contributed by atoms with Crippen LogP contribution in [-0.4, -0.2) is 17.7 Å². The molecule has 0 aliphatic rings. The molecular formula is C12H19NO3. The summed E-state index contributed by atoms with van der Waals surface area (Å²) in [4.78, 5) is 11.3. The second-order valence-electron chi connectivity index (χ2n) is 3.71. The molecule has 0 atom stereocenters. The van der Waals surface area contributed by atoms with Gasteiger partial charge in [-0.3, -0.25) is 0 Å². The Morgan fingerprint density at radius 2 is 2.19 bits per heavy atom. The predicted octanol–water partition coefficient (Wildman–Crippen LogP) is 2.97. The number of ether oxygens (including phenoxy) is 1. The highest BCUT2D eigenvalue weighted by Crippen LogP contribution is 2.10. The summed E-state index contributed by atoms with van der Waals surface area (Å²) in [6, 6.07) is 1.67. The number of aromatic nitrogens is 1. The molecule has 1 rings (SSSR count). The zero-order valence-electron chi connectivity index (χ0n) is 9.99. The van der Waals surface area contributed by atoms with Gasteiger partial charge in [0, 0.05) is 12.5 Å². The Morgan fingerprint density at radius 3 is 2.88 bits per heavy atom. The molecule has 0 amide bonds. The fourth-order valence-corrected chi connectivity index (χ4v) is 1.46. The summed E-state index contributed by atoms with van der Waals surface area (Å²) in [5, 5.41) is 3.68. The van der Waals surface area contributed by atoms with Gasteiger partial charge in [-0.2, -0.15) is 0 Å². The number of hydrogen-bond acceptors (Lipinski definition) is 4. The van der Waals surface area contributed by atoms with Crippen LogP contribution in [-0.2, 0) is 11.2 Å². The average molecular weight is 225 g/mol. The van der Waals surface area contributed by atoms with Crippen molar-refractivity contribution < 1.29 is 14.1 Å². The normalized spacial score (nSPS) is 10.4. The molecule has 1 aromatic heterocycles. The minimum absolute atomic E-state index is 0.271. The molecule has 4 heteroatoms. The van der Waals surface area contributed by atoms with Crippen LogP contribution in [0.5, 0.6) is 0 Å². The number of carbonyl (C=O) groups excluding carboxylic acids is 1. The summed E-state index contributed by atoms with van der Waals surface area (Å²) < 4.78 is 9.88. The van der Waals surface area contributed by atoms with Crippen molar-refractivity contribution in [1.82, 2.24) is 5.16 Å². The Kier molecular flexibility index (Phi) is 5.61. The molecule has 1 aromatic rings.